The molecule has 1 rings (SSSR count). The summed E-state index contributed by atoms with van der Waals surface area (Å²) in [5, 5.41) is 0. The molecule has 94 valence electrons. The van der Waals surface area contributed by atoms with Crippen LogP contribution in [0, 0.1) is 0 Å². The molecule has 1 atom stereocenters. The summed E-state index contributed by atoms with van der Waals surface area (Å²) in [6.45, 7) is 2.26. The van der Waals surface area contributed by atoms with Crippen LogP contribution in [0.4, 0.5) is 4.39 Å². The fraction of sp³-hybridized carbons (Fsp3) is 0.462. The summed E-state index contributed by atoms with van der Waals surface area (Å²) in [4.78, 5) is 10.9. The summed E-state index contributed by atoms with van der Waals surface area (Å²) in [6.07, 6.45) is 0.941. The molecular formula is C13H18FNO2. The van der Waals surface area contributed by atoms with Gasteiger partial charge in [-0.1, -0.05) is 19.4 Å². The third kappa shape index (κ3) is 4.85. The van der Waals surface area contributed by atoms with Crippen LogP contribution in [0.2, 0.25) is 0 Å². The molecule has 0 aliphatic carbocycles. The van der Waals surface area contributed by atoms with E-state index in [1.165, 1.54) is 0 Å². The Morgan fingerprint density at radius 2 is 2.24 bits per heavy atom. The number of hydrogen-bond acceptors (Lipinski definition) is 2. The van der Waals surface area contributed by atoms with Gasteiger partial charge in [0.1, 0.15) is 11.9 Å². The Morgan fingerprint density at radius 3 is 2.88 bits per heavy atom. The summed E-state index contributed by atoms with van der Waals surface area (Å²) in [5.41, 5.74) is 5.54. The maximum Gasteiger partial charge on any atom is 0.248 e. The molecule has 0 saturated carbocycles. The highest BCUT2D eigenvalue weighted by Gasteiger charge is 2.06. The van der Waals surface area contributed by atoms with Gasteiger partial charge in [0.2, 0.25) is 5.91 Å². The van der Waals surface area contributed by atoms with Crippen LogP contribution in [0.1, 0.15) is 36.5 Å². The van der Waals surface area contributed by atoms with Crippen LogP contribution >= 0.6 is 0 Å². The minimum atomic E-state index is -0.820. The number of carbonyl (C=O) groups excluding carboxylic acids is 1. The first-order valence-corrected chi connectivity index (χ1v) is 5.80. The number of alkyl halides is 1. The van der Waals surface area contributed by atoms with Crippen LogP contribution in [0.3, 0.4) is 0 Å². The normalized spacial score (nSPS) is 12.1. The first-order valence-electron chi connectivity index (χ1n) is 5.80. The predicted octanol–water partition coefficient (Wildman–Crippen LogP) is 2.69. The third-order valence-corrected chi connectivity index (χ3v) is 2.42. The second-order valence-corrected chi connectivity index (χ2v) is 3.92. The summed E-state index contributed by atoms with van der Waals surface area (Å²) in [5.74, 6) is 0.0507. The lowest BCUT2D eigenvalue weighted by atomic mass is 10.2. The molecule has 1 unspecified atom stereocenters. The minimum Gasteiger partial charge on any atom is -0.493 e. The van der Waals surface area contributed by atoms with Crippen molar-refractivity contribution in [3.05, 3.63) is 29.8 Å². The third-order valence-electron chi connectivity index (χ3n) is 2.42. The molecule has 0 aromatic heterocycles. The van der Waals surface area contributed by atoms with E-state index in [0.29, 0.717) is 30.8 Å². The molecule has 0 fully saturated rings. The molecule has 2 N–H and O–H groups in total. The Balaban J connectivity index is 2.41. The molecule has 1 aromatic rings. The molecule has 1 aromatic carbocycles. The van der Waals surface area contributed by atoms with Crippen molar-refractivity contribution in [2.24, 2.45) is 5.73 Å². The lowest BCUT2D eigenvalue weighted by Crippen LogP contribution is -2.11. The topological polar surface area (TPSA) is 52.3 Å². The van der Waals surface area contributed by atoms with E-state index in [9.17, 15) is 9.18 Å². The number of ether oxygens (including phenoxy) is 1. The number of nitrogens with two attached hydrogens (primary N) is 1. The van der Waals surface area contributed by atoms with Gasteiger partial charge in [-0.15, -0.1) is 0 Å². The molecule has 0 radical (unpaired) electrons. The first-order chi connectivity index (χ1) is 8.13. The average molecular weight is 239 g/mol. The van der Waals surface area contributed by atoms with E-state index in [-0.39, 0.29) is 0 Å². The molecule has 0 aliphatic rings. The molecular weight excluding hydrogens is 221 g/mol. The highest BCUT2D eigenvalue weighted by Crippen LogP contribution is 2.14. The molecule has 0 heterocycles. The van der Waals surface area contributed by atoms with Gasteiger partial charge >= 0.3 is 0 Å². The summed E-state index contributed by atoms with van der Waals surface area (Å²) < 4.78 is 18.5. The van der Waals surface area contributed by atoms with Crippen molar-refractivity contribution in [2.45, 2.75) is 32.4 Å². The van der Waals surface area contributed by atoms with Gasteiger partial charge in [-0.05, 0) is 24.6 Å². The Morgan fingerprint density at radius 1 is 1.47 bits per heavy atom. The standard InChI is InChI=1S/C13H18FNO2/c1-2-4-11(14)7-8-17-12-6-3-5-10(9-12)13(15)16/h3,5-6,9,11H,2,4,7-8H2,1H3,(H2,15,16). The van der Waals surface area contributed by atoms with E-state index in [0.717, 1.165) is 6.42 Å². The number of rotatable bonds is 7. The zero-order valence-electron chi connectivity index (χ0n) is 9.99. The molecule has 4 heteroatoms. The van der Waals surface area contributed by atoms with Crippen molar-refractivity contribution in [1.82, 2.24) is 0 Å². The van der Waals surface area contributed by atoms with Crippen molar-refractivity contribution in [3.63, 3.8) is 0 Å². The van der Waals surface area contributed by atoms with E-state index in [2.05, 4.69) is 0 Å². The fourth-order valence-corrected chi connectivity index (χ4v) is 1.50. The van der Waals surface area contributed by atoms with Gasteiger partial charge in [-0.3, -0.25) is 4.79 Å². The summed E-state index contributed by atoms with van der Waals surface area (Å²) >= 11 is 0. The number of halogens is 1. The van der Waals surface area contributed by atoms with Gasteiger partial charge in [0, 0.05) is 12.0 Å². The summed E-state index contributed by atoms with van der Waals surface area (Å²) in [6, 6.07) is 6.59. The van der Waals surface area contributed by atoms with Gasteiger partial charge in [-0.25, -0.2) is 4.39 Å². The van der Waals surface area contributed by atoms with Gasteiger partial charge in [-0.2, -0.15) is 0 Å². The van der Waals surface area contributed by atoms with Crippen LogP contribution in [0.15, 0.2) is 24.3 Å². The van der Waals surface area contributed by atoms with Crippen LogP contribution in [0.25, 0.3) is 0 Å². The van der Waals surface area contributed by atoms with Gasteiger partial charge in [0.05, 0.1) is 6.61 Å². The molecule has 0 saturated heterocycles. The second-order valence-electron chi connectivity index (χ2n) is 3.92. The SMILES string of the molecule is CCCC(F)CCOc1cccc(C(N)=O)c1. The van der Waals surface area contributed by atoms with Crippen molar-refractivity contribution in [3.8, 4) is 5.75 Å². The van der Waals surface area contributed by atoms with Crippen LogP contribution in [-0.4, -0.2) is 18.7 Å². The van der Waals surface area contributed by atoms with Gasteiger partial charge in [0.15, 0.2) is 0 Å². The fourth-order valence-electron chi connectivity index (χ4n) is 1.50. The number of primary amides is 1. The van der Waals surface area contributed by atoms with Gasteiger partial charge in [0.25, 0.3) is 0 Å². The molecule has 1 amide bonds. The van der Waals surface area contributed by atoms with Crippen LogP contribution < -0.4 is 10.5 Å². The smallest absolute Gasteiger partial charge is 0.248 e. The minimum absolute atomic E-state index is 0.309. The van der Waals surface area contributed by atoms with Crippen LogP contribution in [-0.2, 0) is 0 Å². The number of hydrogen-bond donors (Lipinski definition) is 1. The van der Waals surface area contributed by atoms with E-state index in [1.54, 1.807) is 24.3 Å². The Labute approximate surface area is 101 Å². The highest BCUT2D eigenvalue weighted by molar-refractivity contribution is 5.93. The van der Waals surface area contributed by atoms with Crippen molar-refractivity contribution in [1.29, 1.82) is 0 Å². The largest absolute Gasteiger partial charge is 0.493 e. The molecule has 3 nitrogen and oxygen atoms in total. The van der Waals surface area contributed by atoms with Crippen molar-refractivity contribution < 1.29 is 13.9 Å². The highest BCUT2D eigenvalue weighted by atomic mass is 19.1. The van der Waals surface area contributed by atoms with Crippen molar-refractivity contribution in [2.75, 3.05) is 6.61 Å². The lowest BCUT2D eigenvalue weighted by molar-refractivity contribution is 0.0999. The monoisotopic (exact) mass is 239 g/mol. The van der Waals surface area contributed by atoms with Crippen molar-refractivity contribution >= 4 is 5.91 Å². The lowest BCUT2D eigenvalue weighted by Gasteiger charge is -2.09. The number of carbonyl (C=O) groups is 1. The molecule has 0 spiro atoms. The Bertz CT molecular complexity index is 368. The van der Waals surface area contributed by atoms with Crippen LogP contribution in [0.5, 0.6) is 5.75 Å². The quantitative estimate of drug-likeness (QED) is 0.795. The predicted molar refractivity (Wildman–Crippen MR) is 64.9 cm³/mol. The van der Waals surface area contributed by atoms with E-state index >= 15 is 0 Å². The van der Waals surface area contributed by atoms with E-state index in [1.807, 2.05) is 6.92 Å². The number of amides is 1. The molecule has 0 aliphatic heterocycles. The maximum atomic E-state index is 13.2. The van der Waals surface area contributed by atoms with E-state index in [4.69, 9.17) is 10.5 Å². The van der Waals surface area contributed by atoms with Gasteiger partial charge < -0.3 is 10.5 Å². The van der Waals surface area contributed by atoms with E-state index < -0.39 is 12.1 Å². The Hall–Kier alpha value is -1.58. The average Bonchev–Trinajstić information content (AvgIpc) is 2.30. The number of benzene rings is 1. The zero-order chi connectivity index (χ0) is 12.7. The maximum absolute atomic E-state index is 13.2. The zero-order valence-corrected chi connectivity index (χ0v) is 9.99. The Kier molecular flexibility index (Phi) is 5.46. The summed E-state index contributed by atoms with van der Waals surface area (Å²) in [7, 11) is 0. The first kappa shape index (κ1) is 13.5. The molecule has 17 heavy (non-hydrogen) atoms. The molecule has 0 bridgehead atoms. The second kappa shape index (κ2) is 6.89.